The van der Waals surface area contributed by atoms with Crippen LogP contribution in [0.5, 0.6) is 5.75 Å². The van der Waals surface area contributed by atoms with Crippen LogP contribution in [-0.2, 0) is 0 Å². The van der Waals surface area contributed by atoms with E-state index < -0.39 is 0 Å². The maximum Gasteiger partial charge on any atom is 0.272 e. The van der Waals surface area contributed by atoms with Crippen LogP contribution in [-0.4, -0.2) is 40.6 Å². The van der Waals surface area contributed by atoms with Gasteiger partial charge in [0.15, 0.2) is 5.69 Å². The van der Waals surface area contributed by atoms with Crippen LogP contribution in [0.2, 0.25) is 0 Å². The molecule has 0 fully saturated rings. The summed E-state index contributed by atoms with van der Waals surface area (Å²) in [4.78, 5) is 12.3. The second-order valence-corrected chi connectivity index (χ2v) is 5.96. The number of aromatic nitrogens is 2. The van der Waals surface area contributed by atoms with Gasteiger partial charge in [0.2, 0.25) is 0 Å². The van der Waals surface area contributed by atoms with Gasteiger partial charge in [-0.15, -0.1) is 0 Å². The molecule has 0 aliphatic heterocycles. The second kappa shape index (κ2) is 6.88. The molecule has 2 aromatic rings. The summed E-state index contributed by atoms with van der Waals surface area (Å²) in [5.74, 6) is 0.582. The number of hydrogen-bond donors (Lipinski definition) is 2. The van der Waals surface area contributed by atoms with Gasteiger partial charge in [-0.05, 0) is 37.1 Å². The molecule has 0 saturated carbocycles. The molecule has 1 heterocycles. The fourth-order valence-electron chi connectivity index (χ4n) is 2.82. The molecule has 0 bridgehead atoms. The van der Waals surface area contributed by atoms with Gasteiger partial charge in [0.05, 0.1) is 7.11 Å². The Bertz CT molecular complexity index is 767. The predicted octanol–water partition coefficient (Wildman–Crippen LogP) is 1.86. The Kier molecular flexibility index (Phi) is 4.66. The number of ether oxygens (including phenoxy) is 1. The number of amides is 1. The number of aryl methyl sites for hydroxylation is 1. The van der Waals surface area contributed by atoms with E-state index >= 15 is 0 Å². The number of nitrogens with zero attached hydrogens (tertiary/aromatic N) is 2. The summed E-state index contributed by atoms with van der Waals surface area (Å²) in [7, 11) is 1.61. The van der Waals surface area contributed by atoms with Gasteiger partial charge in [0.25, 0.3) is 5.91 Å². The van der Waals surface area contributed by atoms with Crippen molar-refractivity contribution in [3.63, 3.8) is 0 Å². The van der Waals surface area contributed by atoms with Gasteiger partial charge in [-0.25, -0.2) is 4.68 Å². The van der Waals surface area contributed by atoms with Crippen molar-refractivity contribution in [3.8, 4) is 11.4 Å². The van der Waals surface area contributed by atoms with Gasteiger partial charge in [-0.3, -0.25) is 4.79 Å². The highest BCUT2D eigenvalue weighted by Gasteiger charge is 2.21. The third kappa shape index (κ3) is 3.33. The Hall–Kier alpha value is -2.60. The summed E-state index contributed by atoms with van der Waals surface area (Å²) >= 11 is 0. The highest BCUT2D eigenvalue weighted by atomic mass is 16.5. The minimum absolute atomic E-state index is 0.0618. The SMILES string of the molecule is COc1ccc(C)cc1-n1ccc(C(=O)N[C@@H]2C=C[C@H](CO)C2)n1. The number of methoxy groups -OCH3 is 1. The van der Waals surface area contributed by atoms with Crippen LogP contribution in [0.15, 0.2) is 42.6 Å². The van der Waals surface area contributed by atoms with E-state index in [1.165, 1.54) is 0 Å². The van der Waals surface area contributed by atoms with Crippen LogP contribution >= 0.6 is 0 Å². The molecule has 2 atom stereocenters. The Morgan fingerprint density at radius 2 is 2.25 bits per heavy atom. The van der Waals surface area contributed by atoms with Crippen LogP contribution in [0.4, 0.5) is 0 Å². The fourth-order valence-corrected chi connectivity index (χ4v) is 2.82. The maximum atomic E-state index is 12.3. The van der Waals surface area contributed by atoms with E-state index in [-0.39, 0.29) is 24.5 Å². The van der Waals surface area contributed by atoms with Crippen molar-refractivity contribution < 1.29 is 14.6 Å². The molecule has 126 valence electrons. The van der Waals surface area contributed by atoms with Crippen molar-refractivity contribution in [2.24, 2.45) is 5.92 Å². The van der Waals surface area contributed by atoms with Crippen molar-refractivity contribution in [1.29, 1.82) is 0 Å². The Balaban J connectivity index is 1.75. The molecule has 1 amide bonds. The van der Waals surface area contributed by atoms with Gasteiger partial charge in [0, 0.05) is 24.8 Å². The van der Waals surface area contributed by atoms with Crippen LogP contribution < -0.4 is 10.1 Å². The molecule has 1 aromatic carbocycles. The average molecular weight is 327 g/mol. The summed E-state index contributed by atoms with van der Waals surface area (Å²) < 4.78 is 7.00. The van der Waals surface area contributed by atoms with Crippen LogP contribution in [0.1, 0.15) is 22.5 Å². The van der Waals surface area contributed by atoms with Crippen molar-refractivity contribution in [2.45, 2.75) is 19.4 Å². The monoisotopic (exact) mass is 327 g/mol. The first-order valence-electron chi connectivity index (χ1n) is 7.91. The fraction of sp³-hybridized carbons (Fsp3) is 0.333. The van der Waals surface area contributed by atoms with Gasteiger partial charge in [-0.2, -0.15) is 5.10 Å². The standard InChI is InChI=1S/C18H21N3O3/c1-12-3-6-17(24-2)16(9-12)21-8-7-15(20-21)18(23)19-14-5-4-13(10-14)11-22/h3-9,13-14,22H,10-11H2,1-2H3,(H,19,23)/t13-,14+/m0/s1. The molecular formula is C18H21N3O3. The maximum absolute atomic E-state index is 12.3. The van der Waals surface area contributed by atoms with Gasteiger partial charge >= 0.3 is 0 Å². The number of carbonyl (C=O) groups excluding carboxylic acids is 1. The summed E-state index contributed by atoms with van der Waals surface area (Å²) in [5.41, 5.74) is 2.22. The molecule has 1 aromatic heterocycles. The third-order valence-electron chi connectivity index (χ3n) is 4.13. The first kappa shape index (κ1) is 16.3. The van der Waals surface area contributed by atoms with Crippen molar-refractivity contribution in [3.05, 3.63) is 53.9 Å². The lowest BCUT2D eigenvalue weighted by molar-refractivity contribution is 0.0935. The molecular weight excluding hydrogens is 306 g/mol. The number of hydrogen-bond acceptors (Lipinski definition) is 4. The zero-order valence-electron chi connectivity index (χ0n) is 13.8. The first-order chi connectivity index (χ1) is 11.6. The van der Waals surface area contributed by atoms with Crippen LogP contribution in [0, 0.1) is 12.8 Å². The molecule has 24 heavy (non-hydrogen) atoms. The number of nitrogens with one attached hydrogen (secondary N) is 1. The minimum Gasteiger partial charge on any atom is -0.494 e. The molecule has 1 aliphatic rings. The predicted molar refractivity (Wildman–Crippen MR) is 90.4 cm³/mol. The Morgan fingerprint density at radius 1 is 1.42 bits per heavy atom. The molecule has 0 spiro atoms. The van der Waals surface area contributed by atoms with E-state index in [0.29, 0.717) is 17.9 Å². The molecule has 6 nitrogen and oxygen atoms in total. The number of carbonyl (C=O) groups is 1. The quantitative estimate of drug-likeness (QED) is 0.822. The number of aliphatic hydroxyl groups is 1. The first-order valence-corrected chi connectivity index (χ1v) is 7.91. The van der Waals surface area contributed by atoms with E-state index in [2.05, 4.69) is 10.4 Å². The summed E-state index contributed by atoms with van der Waals surface area (Å²) in [6, 6.07) is 7.42. The molecule has 0 saturated heterocycles. The highest BCUT2D eigenvalue weighted by Crippen LogP contribution is 2.23. The van der Waals surface area contributed by atoms with Crippen molar-refractivity contribution >= 4 is 5.91 Å². The number of rotatable bonds is 5. The summed E-state index contributed by atoms with van der Waals surface area (Å²) in [5, 5.41) is 16.4. The Morgan fingerprint density at radius 3 is 2.96 bits per heavy atom. The Labute approximate surface area is 140 Å². The van der Waals surface area contributed by atoms with Gasteiger partial charge in [-0.1, -0.05) is 18.2 Å². The summed E-state index contributed by atoms with van der Waals surface area (Å²) in [6.07, 6.45) is 6.31. The topological polar surface area (TPSA) is 76.4 Å². The minimum atomic E-state index is -0.228. The molecule has 0 radical (unpaired) electrons. The smallest absolute Gasteiger partial charge is 0.272 e. The zero-order valence-corrected chi connectivity index (χ0v) is 13.8. The molecule has 3 rings (SSSR count). The van der Waals surface area contributed by atoms with E-state index in [0.717, 1.165) is 11.3 Å². The molecule has 1 aliphatic carbocycles. The van der Waals surface area contributed by atoms with Gasteiger partial charge in [0.1, 0.15) is 11.4 Å². The average Bonchev–Trinajstić information content (AvgIpc) is 3.24. The van der Waals surface area contributed by atoms with Gasteiger partial charge < -0.3 is 15.2 Å². The second-order valence-electron chi connectivity index (χ2n) is 5.96. The van der Waals surface area contributed by atoms with Crippen LogP contribution in [0.3, 0.4) is 0 Å². The van der Waals surface area contributed by atoms with E-state index in [1.807, 2.05) is 37.3 Å². The highest BCUT2D eigenvalue weighted by molar-refractivity contribution is 5.92. The van der Waals surface area contributed by atoms with Crippen molar-refractivity contribution in [2.75, 3.05) is 13.7 Å². The third-order valence-corrected chi connectivity index (χ3v) is 4.13. The normalized spacial score (nSPS) is 19.5. The zero-order chi connectivity index (χ0) is 17.1. The lowest BCUT2D eigenvalue weighted by Gasteiger charge is -2.12. The molecule has 0 unspecified atom stereocenters. The number of aliphatic hydroxyl groups excluding tert-OH is 1. The van der Waals surface area contributed by atoms with Crippen molar-refractivity contribution in [1.82, 2.24) is 15.1 Å². The molecule has 6 heteroatoms. The number of benzene rings is 1. The lowest BCUT2D eigenvalue weighted by Crippen LogP contribution is -2.33. The largest absolute Gasteiger partial charge is 0.494 e. The molecule has 2 N–H and O–H groups in total. The lowest BCUT2D eigenvalue weighted by atomic mass is 10.1. The summed E-state index contributed by atoms with van der Waals surface area (Å²) in [6.45, 7) is 2.09. The van der Waals surface area contributed by atoms with Crippen LogP contribution in [0.25, 0.3) is 5.69 Å². The van der Waals surface area contributed by atoms with E-state index in [4.69, 9.17) is 9.84 Å². The van der Waals surface area contributed by atoms with E-state index in [1.54, 1.807) is 24.1 Å². The van der Waals surface area contributed by atoms with E-state index in [9.17, 15) is 4.79 Å².